The molecule has 2 rings (SSSR count). The monoisotopic (exact) mass is 447 g/mol. The first-order chi connectivity index (χ1) is 14.6. The van der Waals surface area contributed by atoms with Gasteiger partial charge in [-0.1, -0.05) is 31.2 Å². The first-order valence-corrected chi connectivity index (χ1v) is 11.8. The largest absolute Gasteiger partial charge is 0.484 e. The second-order valence-electron chi connectivity index (χ2n) is 7.33. The summed E-state index contributed by atoms with van der Waals surface area (Å²) in [6, 6.07) is 13.6. The van der Waals surface area contributed by atoms with Crippen molar-refractivity contribution in [1.29, 1.82) is 0 Å². The van der Waals surface area contributed by atoms with Gasteiger partial charge in [0.25, 0.3) is 11.8 Å². The Bertz CT molecular complexity index is 1010. The lowest BCUT2D eigenvalue weighted by atomic mass is 10.1. The van der Waals surface area contributed by atoms with Crippen molar-refractivity contribution in [3.05, 3.63) is 59.7 Å². The predicted molar refractivity (Wildman–Crippen MR) is 121 cm³/mol. The van der Waals surface area contributed by atoms with Crippen molar-refractivity contribution in [2.75, 3.05) is 25.2 Å². The Hall–Kier alpha value is -2.91. The third-order valence-corrected chi connectivity index (χ3v) is 5.96. The van der Waals surface area contributed by atoms with Gasteiger partial charge in [-0.2, -0.15) is 0 Å². The molecule has 8 nitrogen and oxygen atoms in total. The van der Waals surface area contributed by atoms with E-state index in [1.807, 2.05) is 13.8 Å². The van der Waals surface area contributed by atoms with Crippen molar-refractivity contribution in [3.63, 3.8) is 0 Å². The van der Waals surface area contributed by atoms with Crippen molar-refractivity contribution in [2.45, 2.75) is 32.9 Å². The highest BCUT2D eigenvalue weighted by Gasteiger charge is 2.15. The molecule has 2 amide bonds. The van der Waals surface area contributed by atoms with Crippen LogP contribution in [-0.4, -0.2) is 50.5 Å². The van der Waals surface area contributed by atoms with Crippen LogP contribution in [0.25, 0.3) is 0 Å². The van der Waals surface area contributed by atoms with E-state index >= 15 is 0 Å². The summed E-state index contributed by atoms with van der Waals surface area (Å²) in [7, 11) is -1.75. The minimum atomic E-state index is -3.26. The van der Waals surface area contributed by atoms with Gasteiger partial charge in [0.15, 0.2) is 6.61 Å². The Kier molecular flexibility index (Phi) is 8.58. The number of nitrogens with one attached hydrogen (secondary N) is 2. The van der Waals surface area contributed by atoms with Gasteiger partial charge in [-0.25, -0.2) is 12.7 Å². The number of sulfonamides is 1. The molecule has 2 aromatic carbocycles. The van der Waals surface area contributed by atoms with E-state index in [1.54, 1.807) is 48.5 Å². The summed E-state index contributed by atoms with van der Waals surface area (Å²) < 4.78 is 29.7. The topological polar surface area (TPSA) is 105 Å². The minimum absolute atomic E-state index is 0.0276. The van der Waals surface area contributed by atoms with Crippen molar-refractivity contribution in [3.8, 4) is 5.75 Å². The van der Waals surface area contributed by atoms with E-state index in [1.165, 1.54) is 11.4 Å². The molecule has 0 heterocycles. The Morgan fingerprint density at radius 1 is 1.10 bits per heavy atom. The molecule has 0 radical (unpaired) electrons. The highest BCUT2D eigenvalue weighted by atomic mass is 32.2. The molecule has 9 heteroatoms. The van der Waals surface area contributed by atoms with E-state index in [0.717, 1.165) is 18.2 Å². The normalized spacial score (nSPS) is 12.3. The zero-order chi connectivity index (χ0) is 23.0. The van der Waals surface area contributed by atoms with Gasteiger partial charge in [-0.05, 0) is 43.2 Å². The molecular weight excluding hydrogens is 418 g/mol. The van der Waals surface area contributed by atoms with Gasteiger partial charge in [0, 0.05) is 19.6 Å². The first-order valence-electron chi connectivity index (χ1n) is 9.93. The van der Waals surface area contributed by atoms with Gasteiger partial charge in [0.1, 0.15) is 5.75 Å². The number of para-hydroxylation sites is 1. The molecule has 0 saturated heterocycles. The van der Waals surface area contributed by atoms with Crippen LogP contribution in [0.5, 0.6) is 5.75 Å². The number of anilines is 1. The number of carbonyl (C=O) groups excluding carboxylic acids is 2. The molecule has 0 unspecified atom stereocenters. The molecule has 0 aliphatic rings. The van der Waals surface area contributed by atoms with Crippen LogP contribution >= 0.6 is 0 Å². The number of amides is 2. The highest BCUT2D eigenvalue weighted by molar-refractivity contribution is 7.88. The van der Waals surface area contributed by atoms with Gasteiger partial charge in [0.05, 0.1) is 17.5 Å². The van der Waals surface area contributed by atoms with Gasteiger partial charge < -0.3 is 15.4 Å². The second-order valence-corrected chi connectivity index (χ2v) is 9.42. The lowest BCUT2D eigenvalue weighted by Gasteiger charge is -2.15. The number of hydrogen-bond acceptors (Lipinski definition) is 5. The SMILES string of the molecule is CC[C@H](C)NC(=O)c1ccccc1NC(=O)COc1ccc(CN(C)S(C)(=O)=O)cc1. The smallest absolute Gasteiger partial charge is 0.262 e. The molecule has 0 aliphatic carbocycles. The quantitative estimate of drug-likeness (QED) is 0.583. The lowest BCUT2D eigenvalue weighted by molar-refractivity contribution is -0.118. The maximum Gasteiger partial charge on any atom is 0.262 e. The molecule has 0 spiro atoms. The summed E-state index contributed by atoms with van der Waals surface area (Å²) in [5.74, 6) is -0.172. The van der Waals surface area contributed by atoms with Crippen LogP contribution in [0.15, 0.2) is 48.5 Å². The summed E-state index contributed by atoms with van der Waals surface area (Å²) >= 11 is 0. The highest BCUT2D eigenvalue weighted by Crippen LogP contribution is 2.17. The zero-order valence-electron chi connectivity index (χ0n) is 18.2. The molecule has 31 heavy (non-hydrogen) atoms. The summed E-state index contributed by atoms with van der Waals surface area (Å²) in [5.41, 5.74) is 1.59. The van der Waals surface area contributed by atoms with E-state index < -0.39 is 15.9 Å². The Balaban J connectivity index is 1.93. The zero-order valence-corrected chi connectivity index (χ0v) is 19.0. The fourth-order valence-electron chi connectivity index (χ4n) is 2.59. The molecule has 0 bridgehead atoms. The molecule has 0 aliphatic heterocycles. The first kappa shape index (κ1) is 24.4. The van der Waals surface area contributed by atoms with Crippen LogP contribution in [0.3, 0.4) is 0 Å². The molecule has 1 atom stereocenters. The molecule has 0 aromatic heterocycles. The van der Waals surface area contributed by atoms with Crippen molar-refractivity contribution in [1.82, 2.24) is 9.62 Å². The molecule has 2 N–H and O–H groups in total. The van der Waals surface area contributed by atoms with Gasteiger partial charge in [0.2, 0.25) is 10.0 Å². The second kappa shape index (κ2) is 10.9. The van der Waals surface area contributed by atoms with E-state index in [0.29, 0.717) is 17.0 Å². The summed E-state index contributed by atoms with van der Waals surface area (Å²) in [6.07, 6.45) is 1.95. The number of ether oxygens (including phenoxy) is 1. The molecule has 0 fully saturated rings. The fraction of sp³-hybridized carbons (Fsp3) is 0.364. The average Bonchev–Trinajstić information content (AvgIpc) is 2.72. The third-order valence-electron chi connectivity index (χ3n) is 4.70. The summed E-state index contributed by atoms with van der Waals surface area (Å²) in [4.78, 5) is 24.8. The van der Waals surface area contributed by atoms with Gasteiger partial charge in [-0.3, -0.25) is 9.59 Å². The standard InChI is InChI=1S/C22H29N3O5S/c1-5-16(2)23-22(27)19-8-6-7-9-20(19)24-21(26)15-30-18-12-10-17(11-13-18)14-25(3)31(4,28)29/h6-13,16H,5,14-15H2,1-4H3,(H,23,27)(H,24,26)/t16-/m0/s1. The van der Waals surface area contributed by atoms with Crippen molar-refractivity contribution >= 4 is 27.5 Å². The molecule has 0 saturated carbocycles. The van der Waals surface area contributed by atoms with Crippen LogP contribution in [0.2, 0.25) is 0 Å². The lowest BCUT2D eigenvalue weighted by Crippen LogP contribution is -2.33. The maximum atomic E-state index is 12.4. The number of nitrogens with zero attached hydrogens (tertiary/aromatic N) is 1. The number of carbonyl (C=O) groups is 2. The van der Waals surface area contributed by atoms with Crippen molar-refractivity contribution < 1.29 is 22.7 Å². The van der Waals surface area contributed by atoms with Crippen LogP contribution in [0.4, 0.5) is 5.69 Å². The van der Waals surface area contributed by atoms with Gasteiger partial charge >= 0.3 is 0 Å². The van der Waals surface area contributed by atoms with Crippen LogP contribution in [-0.2, 0) is 21.4 Å². The van der Waals surface area contributed by atoms with Crippen molar-refractivity contribution in [2.24, 2.45) is 0 Å². The average molecular weight is 448 g/mol. The number of hydrogen-bond donors (Lipinski definition) is 2. The van der Waals surface area contributed by atoms with E-state index in [-0.39, 0.29) is 25.1 Å². The number of benzene rings is 2. The van der Waals surface area contributed by atoms with Crippen LogP contribution in [0.1, 0.15) is 36.2 Å². The number of rotatable bonds is 10. The Morgan fingerprint density at radius 2 is 1.74 bits per heavy atom. The van der Waals surface area contributed by atoms with E-state index in [4.69, 9.17) is 4.74 Å². The Morgan fingerprint density at radius 3 is 2.35 bits per heavy atom. The summed E-state index contributed by atoms with van der Waals surface area (Å²) in [5, 5.41) is 5.59. The van der Waals surface area contributed by atoms with Crippen LogP contribution in [0, 0.1) is 0 Å². The van der Waals surface area contributed by atoms with Crippen LogP contribution < -0.4 is 15.4 Å². The maximum absolute atomic E-state index is 12.4. The van der Waals surface area contributed by atoms with E-state index in [9.17, 15) is 18.0 Å². The molecule has 2 aromatic rings. The van der Waals surface area contributed by atoms with E-state index in [2.05, 4.69) is 10.6 Å². The third kappa shape index (κ3) is 7.69. The fourth-order valence-corrected chi connectivity index (χ4v) is 2.98. The van der Waals surface area contributed by atoms with Gasteiger partial charge in [-0.15, -0.1) is 0 Å². The Labute approximate surface area is 183 Å². The molecule has 168 valence electrons. The molecular formula is C22H29N3O5S. The predicted octanol–water partition coefficient (Wildman–Crippen LogP) is 2.62. The minimum Gasteiger partial charge on any atom is -0.484 e. The summed E-state index contributed by atoms with van der Waals surface area (Å²) in [6.45, 7) is 3.91.